The maximum Gasteiger partial charge on any atom is 0.534 e. The molecule has 0 unspecified atom stereocenters. The van der Waals surface area contributed by atoms with Crippen LogP contribution in [0, 0.1) is 13.8 Å². The predicted molar refractivity (Wildman–Crippen MR) is 233 cm³/mol. The number of carbonyl (C=O) groups is 2. The molecule has 2 aliphatic rings. The van der Waals surface area contributed by atoms with Gasteiger partial charge < -0.3 is 34.7 Å². The number of halogens is 5. The van der Waals surface area contributed by atoms with Crippen LogP contribution < -0.4 is 20.3 Å². The fourth-order valence-corrected chi connectivity index (χ4v) is 7.18. The smallest absolute Gasteiger partial charge is 0.423 e. The van der Waals surface area contributed by atoms with E-state index in [2.05, 4.69) is 66.4 Å². The zero-order chi connectivity index (χ0) is 45.5. The van der Waals surface area contributed by atoms with Gasteiger partial charge in [-0.05, 0) is 55.7 Å². The highest BCUT2D eigenvalue weighted by Crippen LogP contribution is 2.32. The Morgan fingerprint density at radius 2 is 1.22 bits per heavy atom. The number of fused-ring (bicyclic) bond motifs is 2. The largest absolute Gasteiger partial charge is 0.534 e. The van der Waals surface area contributed by atoms with Crippen molar-refractivity contribution in [3.8, 4) is 17.1 Å². The van der Waals surface area contributed by atoms with Gasteiger partial charge in [0.1, 0.15) is 0 Å². The molecule has 0 fully saturated rings. The van der Waals surface area contributed by atoms with Gasteiger partial charge in [-0.25, -0.2) is 9.59 Å². The van der Waals surface area contributed by atoms with Crippen LogP contribution in [0.2, 0.25) is 10.0 Å². The average Bonchev–Trinajstić information content (AvgIpc) is 3.84. The van der Waals surface area contributed by atoms with Crippen LogP contribution in [0.4, 0.5) is 34.1 Å². The number of carbonyl (C=O) groups excluding carboxylic acids is 2. The summed E-state index contributed by atoms with van der Waals surface area (Å²) in [6.45, 7) is 5.25. The summed E-state index contributed by atoms with van der Waals surface area (Å²) in [4.78, 5) is 28.1. The maximum atomic E-state index is 12.6. The Kier molecular flexibility index (Phi) is 14.7. The summed E-state index contributed by atoms with van der Waals surface area (Å²) >= 11 is 11.8. The second-order valence-electron chi connectivity index (χ2n) is 14.4. The van der Waals surface area contributed by atoms with E-state index in [4.69, 9.17) is 33.2 Å². The van der Waals surface area contributed by atoms with Gasteiger partial charge in [-0.15, -0.1) is 5.10 Å². The number of aromatic nitrogens is 4. The molecule has 6 N–H and O–H groups in total. The summed E-state index contributed by atoms with van der Waals surface area (Å²) in [7, 11) is -7.21. The Labute approximate surface area is 370 Å². The number of alkyl halides is 3. The lowest BCUT2D eigenvalue weighted by Crippen LogP contribution is -2.39. The van der Waals surface area contributed by atoms with Crippen molar-refractivity contribution >= 4 is 69.3 Å². The molecule has 2 aromatic heterocycles. The first-order valence-corrected chi connectivity index (χ1v) is 21.3. The van der Waals surface area contributed by atoms with Gasteiger partial charge in [-0.3, -0.25) is 10.2 Å². The lowest BCUT2D eigenvalue weighted by Gasteiger charge is -2.27. The summed E-state index contributed by atoms with van der Waals surface area (Å²) in [5.74, 6) is -0.734. The third kappa shape index (κ3) is 12.1. The monoisotopic (exact) mass is 926 g/mol. The molecule has 0 aliphatic carbocycles. The molecular weight excluding hydrogens is 887 g/mol. The highest BCUT2D eigenvalue weighted by Gasteiger charge is 2.49. The fraction of sp³-hybridized carbons (Fsp3) is 0.220. The average molecular weight is 928 g/mol. The second-order valence-corrected chi connectivity index (χ2v) is 16.8. The third-order valence-electron chi connectivity index (χ3n) is 9.73. The quantitative estimate of drug-likeness (QED) is 0.0568. The van der Waals surface area contributed by atoms with Crippen molar-refractivity contribution in [3.63, 3.8) is 0 Å². The molecule has 0 spiro atoms. The minimum absolute atomic E-state index is 0.0651. The summed E-state index contributed by atoms with van der Waals surface area (Å²) in [6, 6.07) is 28.3. The van der Waals surface area contributed by atoms with Crippen molar-refractivity contribution < 1.29 is 45.4 Å². The Morgan fingerprint density at radius 3 is 1.71 bits per heavy atom. The highest BCUT2D eigenvalue weighted by molar-refractivity contribution is 7.88. The van der Waals surface area contributed by atoms with Crippen LogP contribution in [0.15, 0.2) is 97.1 Å². The number of H-pyrrole nitrogens is 2. The molecule has 4 amide bonds. The molecule has 2 aliphatic heterocycles. The Bertz CT molecular complexity index is 2670. The molecule has 0 atom stereocenters. The van der Waals surface area contributed by atoms with Gasteiger partial charge in [0.2, 0.25) is 0 Å². The van der Waals surface area contributed by atoms with Gasteiger partial charge in [0.05, 0.1) is 24.3 Å². The molecule has 0 saturated carbocycles. The summed E-state index contributed by atoms with van der Waals surface area (Å²) in [5, 5.41) is 37.4. The minimum Gasteiger partial charge on any atom is -0.423 e. The number of hydrogen-bond acceptors (Lipinski definition) is 9. The van der Waals surface area contributed by atoms with Gasteiger partial charge >= 0.3 is 34.8 Å². The Hall–Kier alpha value is -6.06. The van der Waals surface area contributed by atoms with Crippen molar-refractivity contribution in [2.45, 2.75) is 45.3 Å². The second kappa shape index (κ2) is 20.0. The van der Waals surface area contributed by atoms with E-state index in [0.29, 0.717) is 45.7 Å². The van der Waals surface area contributed by atoms with Gasteiger partial charge in [0, 0.05) is 69.9 Å². The molecule has 22 heteroatoms. The van der Waals surface area contributed by atoms with Crippen LogP contribution in [0.25, 0.3) is 11.3 Å². The third-order valence-corrected chi connectivity index (χ3v) is 11.1. The van der Waals surface area contributed by atoms with Crippen molar-refractivity contribution in [3.05, 3.63) is 141 Å². The zero-order valence-corrected chi connectivity index (χ0v) is 35.9. The number of rotatable bonds is 6. The van der Waals surface area contributed by atoms with E-state index in [9.17, 15) is 31.2 Å². The molecule has 4 aromatic carbocycles. The van der Waals surface area contributed by atoms with Gasteiger partial charge in [0.25, 0.3) is 5.88 Å². The molecule has 330 valence electrons. The number of nitrogens with one attached hydrogen (secondary N) is 4. The zero-order valence-electron chi connectivity index (χ0n) is 33.6. The van der Waals surface area contributed by atoms with Gasteiger partial charge in [0.15, 0.2) is 0 Å². The number of urea groups is 2. The van der Waals surface area contributed by atoms with Gasteiger partial charge in [-0.1, -0.05) is 95.0 Å². The van der Waals surface area contributed by atoms with E-state index in [-0.39, 0.29) is 31.1 Å². The van der Waals surface area contributed by atoms with E-state index >= 15 is 0 Å². The normalized spacial score (nSPS) is 13.3. The van der Waals surface area contributed by atoms with Crippen LogP contribution in [0.1, 0.15) is 33.6 Å². The van der Waals surface area contributed by atoms with E-state index in [1.165, 1.54) is 16.5 Å². The lowest BCUT2D eigenvalue weighted by atomic mass is 9.80. The number of nitrogens with zero attached hydrogens (tertiary/aromatic N) is 4. The van der Waals surface area contributed by atoms with Crippen LogP contribution in [0.3, 0.4) is 0 Å². The van der Waals surface area contributed by atoms with Crippen molar-refractivity contribution in [2.75, 3.05) is 23.7 Å². The maximum absolute atomic E-state index is 12.6. The summed E-state index contributed by atoms with van der Waals surface area (Å²) in [6.07, 6.45) is 0.998. The molecule has 15 nitrogen and oxygen atoms in total. The molecule has 6 aromatic rings. The van der Waals surface area contributed by atoms with Crippen LogP contribution in [-0.4, -0.2) is 86.4 Å². The molecular formula is C41H40BCl2F3N8O7S. The topological polar surface area (TPSA) is 206 Å². The minimum atomic E-state index is -5.86. The van der Waals surface area contributed by atoms with Crippen molar-refractivity contribution in [1.82, 2.24) is 30.2 Å². The SMILES string of the molecule is Cc1ccc(-c2n[nH]c3c2CN(C(=O)Nc2cccc(Cl)c2)CC3)cc1.Cc1ccc(B(O)O)cc1.O=C(Nc1cccc(Cl)c1)N1CCc2[nH]nc(OS(=O)(=O)C(F)(F)F)c2C1. The van der Waals surface area contributed by atoms with E-state index in [1.807, 2.05) is 31.2 Å². The lowest BCUT2D eigenvalue weighted by molar-refractivity contribution is -0.0501. The summed E-state index contributed by atoms with van der Waals surface area (Å²) in [5.41, 5.74) is 3.03. The van der Waals surface area contributed by atoms with E-state index in [1.54, 1.807) is 47.4 Å². The van der Waals surface area contributed by atoms with Crippen LogP contribution in [0.5, 0.6) is 5.88 Å². The van der Waals surface area contributed by atoms with Crippen molar-refractivity contribution in [1.29, 1.82) is 0 Å². The first kappa shape index (κ1) is 46.4. The van der Waals surface area contributed by atoms with Gasteiger partial charge in [-0.2, -0.15) is 26.7 Å². The standard InChI is InChI=1S/C20H19ClN4O.C14H12ClF3N4O4S.C7H9BO2/c1-13-5-7-14(8-6-13)19-17-12-25(10-9-18(17)23-24-19)20(26)22-16-4-2-3-15(21)11-16;15-8-2-1-3-9(6-8)19-13(23)22-5-4-11-10(7-22)12(21-20-11)26-27(24,25)14(16,17)18;1-6-2-4-7(5-3-6)8(9)10/h2-8,11H,9-10,12H2,1H3,(H,22,26)(H,23,24);1-3,6H,4-5,7H2,(H,19,23)(H,20,21);2-5,9-10H,1H3. The Balaban J connectivity index is 0.000000173. The number of aromatic amines is 2. The molecule has 8 rings (SSSR count). The van der Waals surface area contributed by atoms with E-state index in [0.717, 1.165) is 34.5 Å². The van der Waals surface area contributed by atoms with Crippen LogP contribution >= 0.6 is 23.2 Å². The number of hydrogen-bond donors (Lipinski definition) is 6. The molecule has 0 saturated heterocycles. The van der Waals surface area contributed by atoms with E-state index < -0.39 is 34.7 Å². The highest BCUT2D eigenvalue weighted by atomic mass is 35.5. The number of amides is 4. The molecule has 63 heavy (non-hydrogen) atoms. The number of benzene rings is 4. The number of anilines is 2. The Morgan fingerprint density at radius 1 is 0.746 bits per heavy atom. The van der Waals surface area contributed by atoms with Crippen LogP contribution in [-0.2, 0) is 36.0 Å². The molecule has 4 heterocycles. The summed E-state index contributed by atoms with van der Waals surface area (Å²) < 4.78 is 64.0. The molecule has 0 radical (unpaired) electrons. The first-order valence-electron chi connectivity index (χ1n) is 19.1. The fourth-order valence-electron chi connectivity index (χ4n) is 6.36. The first-order chi connectivity index (χ1) is 29.9. The number of aryl methyl sites for hydroxylation is 2. The predicted octanol–water partition coefficient (Wildman–Crippen LogP) is 7.19. The van der Waals surface area contributed by atoms with Crippen molar-refractivity contribution in [2.24, 2.45) is 0 Å². The molecule has 0 bridgehead atoms.